The van der Waals surface area contributed by atoms with Crippen molar-refractivity contribution in [2.24, 2.45) is 17.8 Å². The van der Waals surface area contributed by atoms with Crippen LogP contribution in [-0.2, 0) is 4.79 Å². The second-order valence-corrected chi connectivity index (χ2v) is 3.82. The van der Waals surface area contributed by atoms with Gasteiger partial charge in [0.15, 0.2) is 0 Å². The minimum atomic E-state index is -0.683. The quantitative estimate of drug-likeness (QED) is 0.692. The summed E-state index contributed by atoms with van der Waals surface area (Å²) in [6.45, 7) is 8.49. The molecule has 1 N–H and O–H groups in total. The number of rotatable bonds is 5. The highest BCUT2D eigenvalue weighted by Crippen LogP contribution is 2.25. The van der Waals surface area contributed by atoms with Gasteiger partial charge < -0.3 is 5.11 Å². The molecule has 12 heavy (non-hydrogen) atoms. The topological polar surface area (TPSA) is 37.3 Å². The molecule has 0 amide bonds. The first-order valence-electron chi connectivity index (χ1n) is 4.70. The fourth-order valence-corrected chi connectivity index (χ4v) is 1.39. The first kappa shape index (κ1) is 11.5. The standard InChI is InChI=1S/C10H20O2/c1-5-7(2)9(4)8(3)6-10(11)12/h7-9H,5-6H2,1-4H3,(H,11,12). The van der Waals surface area contributed by atoms with Crippen LogP contribution in [0.3, 0.4) is 0 Å². The Hall–Kier alpha value is -0.530. The number of hydrogen-bond donors (Lipinski definition) is 1. The van der Waals surface area contributed by atoms with Crippen LogP contribution in [-0.4, -0.2) is 11.1 Å². The zero-order valence-electron chi connectivity index (χ0n) is 8.50. The first-order valence-corrected chi connectivity index (χ1v) is 4.70. The van der Waals surface area contributed by atoms with Gasteiger partial charge in [0.1, 0.15) is 0 Å². The lowest BCUT2D eigenvalue weighted by Gasteiger charge is -2.23. The second-order valence-electron chi connectivity index (χ2n) is 3.82. The summed E-state index contributed by atoms with van der Waals surface area (Å²) in [6, 6.07) is 0. The summed E-state index contributed by atoms with van der Waals surface area (Å²) < 4.78 is 0. The predicted octanol–water partition coefficient (Wildman–Crippen LogP) is 2.78. The summed E-state index contributed by atoms with van der Waals surface area (Å²) in [5.41, 5.74) is 0. The van der Waals surface area contributed by atoms with Crippen molar-refractivity contribution in [2.75, 3.05) is 0 Å². The van der Waals surface area contributed by atoms with Gasteiger partial charge >= 0.3 is 5.97 Å². The maximum atomic E-state index is 10.4. The number of aliphatic carboxylic acids is 1. The molecule has 0 aromatic carbocycles. The lowest BCUT2D eigenvalue weighted by atomic mass is 9.82. The van der Waals surface area contributed by atoms with Crippen molar-refractivity contribution in [3.63, 3.8) is 0 Å². The van der Waals surface area contributed by atoms with Gasteiger partial charge in [-0.25, -0.2) is 0 Å². The average Bonchev–Trinajstić information content (AvgIpc) is 2.00. The number of hydrogen-bond acceptors (Lipinski definition) is 1. The molecule has 72 valence electrons. The Morgan fingerprint density at radius 3 is 2.08 bits per heavy atom. The lowest BCUT2D eigenvalue weighted by molar-refractivity contribution is -0.138. The predicted molar refractivity (Wildman–Crippen MR) is 50.0 cm³/mol. The van der Waals surface area contributed by atoms with Crippen molar-refractivity contribution in [3.8, 4) is 0 Å². The zero-order valence-corrected chi connectivity index (χ0v) is 8.50. The maximum Gasteiger partial charge on any atom is 0.303 e. The first-order chi connectivity index (χ1) is 5.49. The van der Waals surface area contributed by atoms with E-state index in [9.17, 15) is 4.79 Å². The molecule has 0 aliphatic rings. The molecule has 0 spiro atoms. The average molecular weight is 172 g/mol. The Labute approximate surface area is 75.0 Å². The number of carboxylic acid groups (broad SMARTS) is 1. The molecular formula is C10H20O2. The van der Waals surface area contributed by atoms with Gasteiger partial charge in [0.05, 0.1) is 0 Å². The van der Waals surface area contributed by atoms with Crippen LogP contribution in [0, 0.1) is 17.8 Å². The molecular weight excluding hydrogens is 152 g/mol. The highest BCUT2D eigenvalue weighted by molar-refractivity contribution is 5.66. The minimum absolute atomic E-state index is 0.289. The zero-order chi connectivity index (χ0) is 9.72. The van der Waals surface area contributed by atoms with E-state index in [2.05, 4.69) is 20.8 Å². The van der Waals surface area contributed by atoms with E-state index in [1.807, 2.05) is 6.92 Å². The van der Waals surface area contributed by atoms with E-state index < -0.39 is 5.97 Å². The highest BCUT2D eigenvalue weighted by Gasteiger charge is 2.19. The van der Waals surface area contributed by atoms with Crippen LogP contribution in [0.2, 0.25) is 0 Å². The van der Waals surface area contributed by atoms with E-state index in [1.54, 1.807) is 0 Å². The van der Waals surface area contributed by atoms with Crippen LogP contribution in [0.25, 0.3) is 0 Å². The third-order valence-corrected chi connectivity index (χ3v) is 2.94. The number of carboxylic acids is 1. The summed E-state index contributed by atoms with van der Waals surface area (Å²) in [5.74, 6) is 0.737. The van der Waals surface area contributed by atoms with Crippen LogP contribution in [0.5, 0.6) is 0 Å². The van der Waals surface area contributed by atoms with Gasteiger partial charge in [-0.3, -0.25) is 4.79 Å². The van der Waals surface area contributed by atoms with Crippen LogP contribution in [0.15, 0.2) is 0 Å². The van der Waals surface area contributed by atoms with Gasteiger partial charge in [0.2, 0.25) is 0 Å². The fraction of sp³-hybridized carbons (Fsp3) is 0.900. The maximum absolute atomic E-state index is 10.4. The third kappa shape index (κ3) is 3.74. The summed E-state index contributed by atoms with van der Waals surface area (Å²) in [4.78, 5) is 10.4. The van der Waals surface area contributed by atoms with Gasteiger partial charge in [-0.1, -0.05) is 34.1 Å². The Bertz CT molecular complexity index is 143. The molecule has 0 aliphatic carbocycles. The highest BCUT2D eigenvalue weighted by atomic mass is 16.4. The molecule has 3 unspecified atom stereocenters. The van der Waals surface area contributed by atoms with E-state index >= 15 is 0 Å². The molecule has 0 aromatic rings. The molecule has 0 aromatic heterocycles. The van der Waals surface area contributed by atoms with Crippen molar-refractivity contribution in [3.05, 3.63) is 0 Å². The normalized spacial score (nSPS) is 18.3. The Balaban J connectivity index is 3.91. The van der Waals surface area contributed by atoms with Crippen LogP contribution in [0.4, 0.5) is 0 Å². The Morgan fingerprint density at radius 1 is 1.25 bits per heavy atom. The van der Waals surface area contributed by atoms with Crippen molar-refractivity contribution in [1.29, 1.82) is 0 Å². The lowest BCUT2D eigenvalue weighted by Crippen LogP contribution is -2.18. The minimum Gasteiger partial charge on any atom is -0.481 e. The molecule has 0 radical (unpaired) electrons. The van der Waals surface area contributed by atoms with Crippen molar-refractivity contribution in [2.45, 2.75) is 40.5 Å². The van der Waals surface area contributed by atoms with E-state index in [0.29, 0.717) is 18.3 Å². The fourth-order valence-electron chi connectivity index (χ4n) is 1.39. The summed E-state index contributed by atoms with van der Waals surface area (Å²) >= 11 is 0. The van der Waals surface area contributed by atoms with Gasteiger partial charge in [0, 0.05) is 6.42 Å². The monoisotopic (exact) mass is 172 g/mol. The summed E-state index contributed by atoms with van der Waals surface area (Å²) in [7, 11) is 0. The van der Waals surface area contributed by atoms with Crippen LogP contribution >= 0.6 is 0 Å². The summed E-state index contributed by atoms with van der Waals surface area (Å²) in [5, 5.41) is 8.59. The van der Waals surface area contributed by atoms with Gasteiger partial charge in [0.25, 0.3) is 0 Å². The van der Waals surface area contributed by atoms with Crippen LogP contribution < -0.4 is 0 Å². The summed E-state index contributed by atoms with van der Waals surface area (Å²) in [6.07, 6.45) is 1.43. The van der Waals surface area contributed by atoms with E-state index in [1.165, 1.54) is 0 Å². The smallest absolute Gasteiger partial charge is 0.303 e. The molecule has 3 atom stereocenters. The van der Waals surface area contributed by atoms with Crippen molar-refractivity contribution < 1.29 is 9.90 Å². The van der Waals surface area contributed by atoms with Gasteiger partial charge in [-0.05, 0) is 17.8 Å². The molecule has 0 fully saturated rings. The van der Waals surface area contributed by atoms with E-state index in [4.69, 9.17) is 5.11 Å². The van der Waals surface area contributed by atoms with Gasteiger partial charge in [-0.2, -0.15) is 0 Å². The Kier molecular flexibility index (Phi) is 4.95. The van der Waals surface area contributed by atoms with Crippen LogP contribution in [0.1, 0.15) is 40.5 Å². The molecule has 0 rings (SSSR count). The van der Waals surface area contributed by atoms with E-state index in [0.717, 1.165) is 6.42 Å². The van der Waals surface area contributed by atoms with E-state index in [-0.39, 0.29) is 5.92 Å². The molecule has 2 heteroatoms. The SMILES string of the molecule is CCC(C)C(C)C(C)CC(=O)O. The largest absolute Gasteiger partial charge is 0.481 e. The molecule has 0 aliphatic heterocycles. The third-order valence-electron chi connectivity index (χ3n) is 2.94. The Morgan fingerprint density at radius 2 is 1.75 bits per heavy atom. The number of carbonyl (C=O) groups is 1. The molecule has 2 nitrogen and oxygen atoms in total. The van der Waals surface area contributed by atoms with Crippen molar-refractivity contribution >= 4 is 5.97 Å². The molecule has 0 heterocycles. The van der Waals surface area contributed by atoms with Crippen molar-refractivity contribution in [1.82, 2.24) is 0 Å². The van der Waals surface area contributed by atoms with Gasteiger partial charge in [-0.15, -0.1) is 0 Å². The molecule has 0 saturated heterocycles. The molecule has 0 saturated carbocycles. The molecule has 0 bridgehead atoms. The second kappa shape index (κ2) is 5.18.